The summed E-state index contributed by atoms with van der Waals surface area (Å²) >= 11 is 5.18. The van der Waals surface area contributed by atoms with Crippen LogP contribution in [0.2, 0.25) is 0 Å². The molecule has 0 amide bonds. The lowest BCUT2D eigenvalue weighted by molar-refractivity contribution is 0.281. The van der Waals surface area contributed by atoms with E-state index in [1.54, 1.807) is 24.6 Å². The number of nitrogens with zero attached hydrogens (tertiary/aromatic N) is 1. The number of methoxy groups -OCH3 is 1. The normalized spacial score (nSPS) is 10.5. The average molecular weight is 419 g/mol. The second-order valence-corrected chi connectivity index (χ2v) is 7.27. The van der Waals surface area contributed by atoms with E-state index in [9.17, 15) is 0 Å². The van der Waals surface area contributed by atoms with Gasteiger partial charge in [-0.05, 0) is 24.6 Å². The minimum absolute atomic E-state index is 0.483. The summed E-state index contributed by atoms with van der Waals surface area (Å²) in [6.45, 7) is 3.15. The summed E-state index contributed by atoms with van der Waals surface area (Å²) in [5.41, 5.74) is 3.35. The first-order valence-corrected chi connectivity index (χ1v) is 9.51. The Hall–Kier alpha value is -2.05. The molecule has 6 heteroatoms. The molecule has 3 rings (SSSR count). The van der Waals surface area contributed by atoms with Gasteiger partial charge in [-0.25, -0.2) is 4.98 Å². The highest BCUT2D eigenvalue weighted by Gasteiger charge is 2.15. The predicted octanol–water partition coefficient (Wildman–Crippen LogP) is 5.41. The van der Waals surface area contributed by atoms with Gasteiger partial charge in [0.25, 0.3) is 0 Å². The Balaban J connectivity index is 1.81. The van der Waals surface area contributed by atoms with Crippen molar-refractivity contribution in [2.45, 2.75) is 20.1 Å². The zero-order chi connectivity index (χ0) is 17.6. The lowest BCUT2D eigenvalue weighted by Gasteiger charge is -2.17. The fourth-order valence-corrected chi connectivity index (χ4v) is 3.36. The van der Waals surface area contributed by atoms with Crippen LogP contribution in [0.3, 0.4) is 0 Å². The second kappa shape index (κ2) is 8.36. The van der Waals surface area contributed by atoms with Crippen LogP contribution >= 0.6 is 27.3 Å². The zero-order valence-electron chi connectivity index (χ0n) is 14.1. The third-order valence-electron chi connectivity index (χ3n) is 3.74. The number of aromatic nitrogens is 1. The van der Waals surface area contributed by atoms with Crippen LogP contribution < -0.4 is 14.8 Å². The molecule has 1 heterocycles. The Morgan fingerprint density at radius 3 is 2.64 bits per heavy atom. The highest BCUT2D eigenvalue weighted by molar-refractivity contribution is 9.10. The highest BCUT2D eigenvalue weighted by atomic mass is 79.9. The fraction of sp³-hybridized carbons (Fsp3) is 0.211. The van der Waals surface area contributed by atoms with Crippen LogP contribution in [-0.2, 0) is 13.2 Å². The number of aryl methyl sites for hydroxylation is 1. The van der Waals surface area contributed by atoms with E-state index in [-0.39, 0.29) is 0 Å². The molecule has 0 aliphatic carbocycles. The van der Waals surface area contributed by atoms with Crippen molar-refractivity contribution < 1.29 is 9.47 Å². The Labute approximate surface area is 160 Å². The zero-order valence-corrected chi connectivity index (χ0v) is 16.5. The minimum atomic E-state index is 0.483. The van der Waals surface area contributed by atoms with E-state index in [0.29, 0.717) is 18.9 Å². The summed E-state index contributed by atoms with van der Waals surface area (Å²) in [6.07, 6.45) is 1.78. The molecule has 0 saturated carbocycles. The molecule has 0 unspecified atom stereocenters. The summed E-state index contributed by atoms with van der Waals surface area (Å²) < 4.78 is 12.6. The number of halogens is 1. The summed E-state index contributed by atoms with van der Waals surface area (Å²) in [5.74, 6) is 1.45. The van der Waals surface area contributed by atoms with E-state index in [0.717, 1.165) is 26.5 Å². The number of hydrogen-bond acceptors (Lipinski definition) is 5. The van der Waals surface area contributed by atoms with Gasteiger partial charge in [0.2, 0.25) is 0 Å². The number of benzene rings is 2. The van der Waals surface area contributed by atoms with Crippen molar-refractivity contribution in [2.75, 3.05) is 12.4 Å². The number of thiazole rings is 1. The maximum Gasteiger partial charge on any atom is 0.182 e. The molecule has 0 aliphatic heterocycles. The molecule has 0 spiro atoms. The SMILES string of the molecule is COc1ccc(Br)c(CNc2nccs2)c1OCc1ccc(C)cc1. The second-order valence-electron chi connectivity index (χ2n) is 5.52. The van der Waals surface area contributed by atoms with Gasteiger partial charge in [-0.2, -0.15) is 0 Å². The van der Waals surface area contributed by atoms with Crippen molar-refractivity contribution in [3.05, 3.63) is 69.1 Å². The number of rotatable bonds is 7. The molecule has 1 aromatic heterocycles. The van der Waals surface area contributed by atoms with Crippen LogP contribution in [0.25, 0.3) is 0 Å². The third-order valence-corrected chi connectivity index (χ3v) is 5.21. The van der Waals surface area contributed by atoms with Gasteiger partial charge in [0.1, 0.15) is 6.61 Å². The average Bonchev–Trinajstić information content (AvgIpc) is 3.14. The van der Waals surface area contributed by atoms with Crippen molar-refractivity contribution in [3.8, 4) is 11.5 Å². The Morgan fingerprint density at radius 2 is 1.96 bits per heavy atom. The van der Waals surface area contributed by atoms with Crippen LogP contribution in [-0.4, -0.2) is 12.1 Å². The molecule has 4 nitrogen and oxygen atoms in total. The van der Waals surface area contributed by atoms with Gasteiger partial charge < -0.3 is 14.8 Å². The van der Waals surface area contributed by atoms with Crippen LogP contribution in [0.4, 0.5) is 5.13 Å². The summed E-state index contributed by atoms with van der Waals surface area (Å²) in [4.78, 5) is 4.26. The van der Waals surface area contributed by atoms with E-state index < -0.39 is 0 Å². The van der Waals surface area contributed by atoms with Crippen LogP contribution in [0.1, 0.15) is 16.7 Å². The van der Waals surface area contributed by atoms with Crippen molar-refractivity contribution in [1.82, 2.24) is 4.98 Å². The number of anilines is 1. The van der Waals surface area contributed by atoms with Gasteiger partial charge in [0.15, 0.2) is 16.6 Å². The van der Waals surface area contributed by atoms with Gasteiger partial charge in [-0.15, -0.1) is 11.3 Å². The summed E-state index contributed by atoms with van der Waals surface area (Å²) in [7, 11) is 1.65. The fourth-order valence-electron chi connectivity index (χ4n) is 2.38. The topological polar surface area (TPSA) is 43.4 Å². The lowest BCUT2D eigenvalue weighted by atomic mass is 10.1. The Kier molecular flexibility index (Phi) is 5.94. The molecule has 3 aromatic rings. The Morgan fingerprint density at radius 1 is 1.16 bits per heavy atom. The number of hydrogen-bond donors (Lipinski definition) is 1. The van der Waals surface area contributed by atoms with Gasteiger partial charge in [-0.1, -0.05) is 45.8 Å². The first kappa shape index (κ1) is 17.8. The van der Waals surface area contributed by atoms with Crippen molar-refractivity contribution in [3.63, 3.8) is 0 Å². The molecule has 0 bridgehead atoms. The highest BCUT2D eigenvalue weighted by Crippen LogP contribution is 2.37. The minimum Gasteiger partial charge on any atom is -0.493 e. The predicted molar refractivity (Wildman–Crippen MR) is 106 cm³/mol. The molecule has 1 N–H and O–H groups in total. The lowest BCUT2D eigenvalue weighted by Crippen LogP contribution is -2.06. The molecule has 0 fully saturated rings. The molecule has 0 radical (unpaired) electrons. The molecule has 0 atom stereocenters. The number of ether oxygens (including phenoxy) is 2. The molecule has 2 aromatic carbocycles. The number of nitrogens with one attached hydrogen (secondary N) is 1. The van der Waals surface area contributed by atoms with Crippen molar-refractivity contribution >= 4 is 32.4 Å². The maximum absolute atomic E-state index is 6.12. The van der Waals surface area contributed by atoms with Crippen molar-refractivity contribution in [1.29, 1.82) is 0 Å². The van der Waals surface area contributed by atoms with E-state index in [1.807, 2.05) is 17.5 Å². The van der Waals surface area contributed by atoms with E-state index in [2.05, 4.69) is 57.4 Å². The molecule has 0 aliphatic rings. The molecule has 25 heavy (non-hydrogen) atoms. The van der Waals surface area contributed by atoms with Crippen molar-refractivity contribution in [2.24, 2.45) is 0 Å². The van der Waals surface area contributed by atoms with Crippen LogP contribution in [0.5, 0.6) is 11.5 Å². The first-order chi connectivity index (χ1) is 12.2. The molecular weight excluding hydrogens is 400 g/mol. The van der Waals surface area contributed by atoms with E-state index in [1.165, 1.54) is 5.56 Å². The Bertz CT molecular complexity index is 820. The van der Waals surface area contributed by atoms with Gasteiger partial charge >= 0.3 is 0 Å². The quantitative estimate of drug-likeness (QED) is 0.556. The standard InChI is InChI=1S/C19H19BrN2O2S/c1-13-3-5-14(6-4-13)12-24-18-15(11-22-19-21-9-10-25-19)16(20)7-8-17(18)23-2/h3-10H,11-12H2,1-2H3,(H,21,22). The van der Waals surface area contributed by atoms with Crippen LogP contribution in [0.15, 0.2) is 52.4 Å². The van der Waals surface area contributed by atoms with E-state index >= 15 is 0 Å². The maximum atomic E-state index is 6.12. The van der Waals surface area contributed by atoms with Gasteiger partial charge in [0, 0.05) is 28.2 Å². The first-order valence-electron chi connectivity index (χ1n) is 7.84. The molecule has 0 saturated heterocycles. The largest absolute Gasteiger partial charge is 0.493 e. The molecular formula is C19H19BrN2O2S. The van der Waals surface area contributed by atoms with Gasteiger partial charge in [-0.3, -0.25) is 0 Å². The molecule has 130 valence electrons. The summed E-state index contributed by atoms with van der Waals surface area (Å²) in [6, 6.07) is 12.2. The smallest absolute Gasteiger partial charge is 0.182 e. The van der Waals surface area contributed by atoms with Gasteiger partial charge in [0.05, 0.1) is 7.11 Å². The van der Waals surface area contributed by atoms with E-state index in [4.69, 9.17) is 9.47 Å². The third kappa shape index (κ3) is 4.52. The monoisotopic (exact) mass is 418 g/mol. The summed E-state index contributed by atoms with van der Waals surface area (Å²) in [5, 5.41) is 6.14. The van der Waals surface area contributed by atoms with Crippen LogP contribution in [0, 0.1) is 6.92 Å².